The summed E-state index contributed by atoms with van der Waals surface area (Å²) in [5.41, 5.74) is 0. The van der Waals surface area contributed by atoms with Crippen molar-refractivity contribution >= 4 is 10.8 Å². The molecule has 1 N–H and O–H groups in total. The molecule has 1 atom stereocenters. The van der Waals surface area contributed by atoms with Crippen molar-refractivity contribution in [3.05, 3.63) is 0 Å². The Morgan fingerprint density at radius 2 is 2.14 bits per heavy atom. The van der Waals surface area contributed by atoms with E-state index in [0.717, 1.165) is 37.6 Å². The van der Waals surface area contributed by atoms with Crippen LogP contribution in [0.3, 0.4) is 0 Å². The van der Waals surface area contributed by atoms with Crippen molar-refractivity contribution in [3.8, 4) is 0 Å². The van der Waals surface area contributed by atoms with Crippen LogP contribution < -0.4 is 5.32 Å². The maximum atomic E-state index is 11.1. The van der Waals surface area contributed by atoms with Crippen LogP contribution in [-0.2, 0) is 15.5 Å². The third kappa shape index (κ3) is 4.53. The summed E-state index contributed by atoms with van der Waals surface area (Å²) < 4.78 is 16.5. The number of rotatable bonds is 5. The van der Waals surface area contributed by atoms with Crippen molar-refractivity contribution in [2.24, 2.45) is 0 Å². The molecule has 0 bridgehead atoms. The highest BCUT2D eigenvalue weighted by molar-refractivity contribution is 7.85. The minimum Gasteiger partial charge on any atom is -0.380 e. The van der Waals surface area contributed by atoms with Crippen molar-refractivity contribution in [2.45, 2.75) is 38.8 Å². The van der Waals surface area contributed by atoms with Crippen LogP contribution in [0, 0.1) is 0 Å². The topological polar surface area (TPSA) is 38.3 Å². The monoisotopic (exact) mass is 219 g/mol. The molecule has 0 amide bonds. The Balaban J connectivity index is 2.13. The summed E-state index contributed by atoms with van der Waals surface area (Å²) >= 11 is 0. The molecule has 1 aliphatic rings. The highest BCUT2D eigenvalue weighted by Crippen LogP contribution is 2.09. The summed E-state index contributed by atoms with van der Waals surface area (Å²) in [5, 5.41) is 3.51. The molecule has 0 radical (unpaired) electrons. The molecular formula is C10H21NO2S. The van der Waals surface area contributed by atoms with Crippen molar-refractivity contribution in [2.75, 3.05) is 24.7 Å². The second-order valence-corrected chi connectivity index (χ2v) is 5.55. The fraction of sp³-hybridized carbons (Fsp3) is 1.00. The van der Waals surface area contributed by atoms with Gasteiger partial charge in [0.25, 0.3) is 0 Å². The van der Waals surface area contributed by atoms with E-state index in [2.05, 4.69) is 12.2 Å². The predicted molar refractivity (Wildman–Crippen MR) is 60.0 cm³/mol. The lowest BCUT2D eigenvalue weighted by atomic mass is 10.1. The van der Waals surface area contributed by atoms with Gasteiger partial charge in [-0.2, -0.15) is 0 Å². The van der Waals surface area contributed by atoms with Gasteiger partial charge in [-0.3, -0.25) is 4.21 Å². The minimum absolute atomic E-state index is 0.409. The SMILES string of the molecule is CCOCC(C)NC1CCS(=O)CC1. The fourth-order valence-corrected chi connectivity index (χ4v) is 3.00. The molecule has 0 aliphatic carbocycles. The molecule has 1 rings (SSSR count). The zero-order valence-electron chi connectivity index (χ0n) is 9.12. The molecule has 0 aromatic carbocycles. The highest BCUT2D eigenvalue weighted by Gasteiger charge is 2.18. The highest BCUT2D eigenvalue weighted by atomic mass is 32.2. The number of nitrogens with one attached hydrogen (secondary N) is 1. The van der Waals surface area contributed by atoms with Crippen LogP contribution in [0.4, 0.5) is 0 Å². The van der Waals surface area contributed by atoms with Gasteiger partial charge in [-0.25, -0.2) is 0 Å². The van der Waals surface area contributed by atoms with E-state index in [1.807, 2.05) is 6.92 Å². The smallest absolute Gasteiger partial charge is 0.0616 e. The molecule has 1 saturated heterocycles. The largest absolute Gasteiger partial charge is 0.380 e. The quantitative estimate of drug-likeness (QED) is 0.747. The summed E-state index contributed by atoms with van der Waals surface area (Å²) in [6.45, 7) is 5.70. The lowest BCUT2D eigenvalue weighted by molar-refractivity contribution is 0.123. The first kappa shape index (κ1) is 12.1. The fourth-order valence-electron chi connectivity index (χ4n) is 1.71. The Bertz CT molecular complexity index is 177. The van der Waals surface area contributed by atoms with Gasteiger partial charge in [0, 0.05) is 41.0 Å². The zero-order chi connectivity index (χ0) is 10.4. The van der Waals surface area contributed by atoms with E-state index in [4.69, 9.17) is 4.74 Å². The molecule has 0 aromatic rings. The van der Waals surface area contributed by atoms with Crippen molar-refractivity contribution in [1.29, 1.82) is 0 Å². The van der Waals surface area contributed by atoms with E-state index in [-0.39, 0.29) is 0 Å². The Morgan fingerprint density at radius 3 is 2.71 bits per heavy atom. The van der Waals surface area contributed by atoms with Crippen LogP contribution in [0.25, 0.3) is 0 Å². The molecule has 0 aromatic heterocycles. The van der Waals surface area contributed by atoms with Gasteiger partial charge in [-0.1, -0.05) is 0 Å². The van der Waals surface area contributed by atoms with Crippen LogP contribution in [0.2, 0.25) is 0 Å². The molecule has 1 aliphatic heterocycles. The Morgan fingerprint density at radius 1 is 1.50 bits per heavy atom. The second kappa shape index (κ2) is 6.53. The molecule has 1 unspecified atom stereocenters. The first-order valence-electron chi connectivity index (χ1n) is 5.41. The zero-order valence-corrected chi connectivity index (χ0v) is 9.94. The number of hydrogen-bond acceptors (Lipinski definition) is 3. The number of hydrogen-bond donors (Lipinski definition) is 1. The lowest BCUT2D eigenvalue weighted by Gasteiger charge is -2.26. The Labute approximate surface area is 89.1 Å². The van der Waals surface area contributed by atoms with E-state index < -0.39 is 10.8 Å². The summed E-state index contributed by atoms with van der Waals surface area (Å²) in [5.74, 6) is 1.72. The summed E-state index contributed by atoms with van der Waals surface area (Å²) in [7, 11) is -0.552. The predicted octanol–water partition coefficient (Wildman–Crippen LogP) is 0.912. The molecule has 14 heavy (non-hydrogen) atoms. The normalized spacial score (nSPS) is 30.1. The average molecular weight is 219 g/mol. The van der Waals surface area contributed by atoms with Crippen LogP contribution >= 0.6 is 0 Å². The van der Waals surface area contributed by atoms with Crippen LogP contribution in [-0.4, -0.2) is 41.0 Å². The minimum atomic E-state index is -0.552. The van der Waals surface area contributed by atoms with Crippen molar-refractivity contribution in [1.82, 2.24) is 5.32 Å². The van der Waals surface area contributed by atoms with Gasteiger partial charge in [0.1, 0.15) is 0 Å². The standard InChI is InChI=1S/C10H21NO2S/c1-3-13-8-9(2)11-10-4-6-14(12)7-5-10/h9-11H,3-8H2,1-2H3. The third-order valence-corrected chi connectivity index (χ3v) is 3.86. The maximum Gasteiger partial charge on any atom is 0.0616 e. The molecule has 0 saturated carbocycles. The van der Waals surface area contributed by atoms with Crippen LogP contribution in [0.1, 0.15) is 26.7 Å². The molecule has 0 spiro atoms. The van der Waals surface area contributed by atoms with Gasteiger partial charge in [-0.15, -0.1) is 0 Å². The molecule has 84 valence electrons. The molecule has 3 nitrogen and oxygen atoms in total. The second-order valence-electron chi connectivity index (χ2n) is 3.85. The molecule has 1 heterocycles. The van der Waals surface area contributed by atoms with Gasteiger partial charge in [0.2, 0.25) is 0 Å². The van der Waals surface area contributed by atoms with Gasteiger partial charge >= 0.3 is 0 Å². The molecular weight excluding hydrogens is 198 g/mol. The van der Waals surface area contributed by atoms with Crippen LogP contribution in [0.15, 0.2) is 0 Å². The summed E-state index contributed by atoms with van der Waals surface area (Å²) in [6.07, 6.45) is 2.09. The van der Waals surface area contributed by atoms with E-state index >= 15 is 0 Å². The average Bonchev–Trinajstić information content (AvgIpc) is 2.18. The molecule has 1 fully saturated rings. The van der Waals surface area contributed by atoms with Gasteiger partial charge in [0.15, 0.2) is 0 Å². The number of ether oxygens (including phenoxy) is 1. The van der Waals surface area contributed by atoms with E-state index in [1.54, 1.807) is 0 Å². The van der Waals surface area contributed by atoms with E-state index in [0.29, 0.717) is 12.1 Å². The maximum absolute atomic E-state index is 11.1. The van der Waals surface area contributed by atoms with E-state index in [9.17, 15) is 4.21 Å². The lowest BCUT2D eigenvalue weighted by Crippen LogP contribution is -2.42. The van der Waals surface area contributed by atoms with Gasteiger partial charge in [0.05, 0.1) is 6.61 Å². The first-order chi connectivity index (χ1) is 6.72. The van der Waals surface area contributed by atoms with Crippen molar-refractivity contribution in [3.63, 3.8) is 0 Å². The summed E-state index contributed by atoms with van der Waals surface area (Å²) in [4.78, 5) is 0. The summed E-state index contributed by atoms with van der Waals surface area (Å²) in [6, 6.07) is 0.953. The molecule has 4 heteroatoms. The van der Waals surface area contributed by atoms with Crippen molar-refractivity contribution < 1.29 is 8.95 Å². The van der Waals surface area contributed by atoms with Gasteiger partial charge < -0.3 is 10.1 Å². The Hall–Kier alpha value is 0.0700. The van der Waals surface area contributed by atoms with Crippen LogP contribution in [0.5, 0.6) is 0 Å². The van der Waals surface area contributed by atoms with Gasteiger partial charge in [-0.05, 0) is 26.7 Å². The van der Waals surface area contributed by atoms with E-state index in [1.165, 1.54) is 0 Å². The first-order valence-corrected chi connectivity index (χ1v) is 6.90. The third-order valence-electron chi connectivity index (χ3n) is 2.48. The Kier molecular flexibility index (Phi) is 5.67.